The molecule has 0 N–H and O–H groups in total. The van der Waals surface area contributed by atoms with Crippen molar-refractivity contribution in [2.45, 2.75) is 11.0 Å². The van der Waals surface area contributed by atoms with Crippen LogP contribution in [0.4, 0.5) is 0 Å². The molecule has 0 heterocycles. The lowest BCUT2D eigenvalue weighted by molar-refractivity contribution is -0.138. The highest BCUT2D eigenvalue weighted by Gasteiger charge is 2.29. The predicted molar refractivity (Wildman–Crippen MR) is 92.8 cm³/mol. The van der Waals surface area contributed by atoms with Gasteiger partial charge in [0.1, 0.15) is 0 Å². The number of esters is 1. The average Bonchev–Trinajstić information content (AvgIpc) is 2.58. The van der Waals surface area contributed by atoms with Crippen molar-refractivity contribution in [2.75, 3.05) is 20.4 Å². The van der Waals surface area contributed by atoms with E-state index in [1.54, 1.807) is 44.4 Å². The third-order valence-electron chi connectivity index (χ3n) is 3.50. The van der Waals surface area contributed by atoms with Crippen molar-refractivity contribution in [3.8, 4) is 0 Å². The molecule has 1 amide bonds. The zero-order valence-corrected chi connectivity index (χ0v) is 15.0. The molecule has 1 unspecified atom stereocenters. The van der Waals surface area contributed by atoms with Gasteiger partial charge in [-0.25, -0.2) is 13.2 Å². The highest BCUT2D eigenvalue weighted by Crippen LogP contribution is 2.23. The Balaban J connectivity index is 2.41. The Morgan fingerprint density at radius 2 is 1.52 bits per heavy atom. The molecule has 0 bridgehead atoms. The molecule has 0 spiro atoms. The maximum atomic E-state index is 12.6. The van der Waals surface area contributed by atoms with Gasteiger partial charge in [-0.05, 0) is 12.1 Å². The van der Waals surface area contributed by atoms with Gasteiger partial charge in [0.2, 0.25) is 6.10 Å². The summed E-state index contributed by atoms with van der Waals surface area (Å²) in [5.41, 5.74) is 0.406. The van der Waals surface area contributed by atoms with Crippen LogP contribution in [0.15, 0.2) is 59.5 Å². The monoisotopic (exact) mass is 361 g/mol. The van der Waals surface area contributed by atoms with Crippen molar-refractivity contribution in [3.63, 3.8) is 0 Å². The topological polar surface area (TPSA) is 80.8 Å². The fraction of sp³-hybridized carbons (Fsp3) is 0.222. The summed E-state index contributed by atoms with van der Waals surface area (Å²) in [5, 5.41) is 0. The molecule has 0 fully saturated rings. The first-order valence-electron chi connectivity index (χ1n) is 7.48. The first kappa shape index (κ1) is 18.7. The van der Waals surface area contributed by atoms with E-state index in [1.165, 1.54) is 29.2 Å². The molecule has 0 radical (unpaired) electrons. The fourth-order valence-corrected chi connectivity index (χ4v) is 3.13. The smallest absolute Gasteiger partial charge is 0.340 e. The number of carbonyl (C=O) groups excluding carboxylic acids is 2. The van der Waals surface area contributed by atoms with Crippen LogP contribution in [0, 0.1) is 0 Å². The van der Waals surface area contributed by atoms with E-state index in [0.717, 1.165) is 6.26 Å². The Labute approximate surface area is 146 Å². The number of ether oxygens (including phenoxy) is 1. The van der Waals surface area contributed by atoms with Crippen molar-refractivity contribution in [1.29, 1.82) is 0 Å². The van der Waals surface area contributed by atoms with Crippen LogP contribution >= 0.6 is 0 Å². The Morgan fingerprint density at radius 1 is 0.960 bits per heavy atom. The molecule has 25 heavy (non-hydrogen) atoms. The molecule has 7 heteroatoms. The average molecular weight is 361 g/mol. The minimum absolute atomic E-state index is 0.0995. The number of benzene rings is 2. The van der Waals surface area contributed by atoms with Crippen LogP contribution in [-0.4, -0.2) is 45.5 Å². The molecule has 2 rings (SSSR count). The van der Waals surface area contributed by atoms with Crippen LogP contribution in [0.2, 0.25) is 0 Å². The molecule has 2 aromatic rings. The molecule has 0 aliphatic heterocycles. The minimum Gasteiger partial charge on any atom is -0.444 e. The summed E-state index contributed by atoms with van der Waals surface area (Å²) in [6, 6.07) is 14.3. The lowest BCUT2D eigenvalue weighted by atomic mass is 10.1. The van der Waals surface area contributed by atoms with E-state index in [1.807, 2.05) is 0 Å². The van der Waals surface area contributed by atoms with Crippen molar-refractivity contribution < 1.29 is 22.7 Å². The zero-order chi connectivity index (χ0) is 18.6. The van der Waals surface area contributed by atoms with Gasteiger partial charge in [0, 0.05) is 25.9 Å². The highest BCUT2D eigenvalue weighted by molar-refractivity contribution is 7.90. The van der Waals surface area contributed by atoms with Crippen LogP contribution in [0.3, 0.4) is 0 Å². The molecule has 0 saturated heterocycles. The summed E-state index contributed by atoms with van der Waals surface area (Å²) < 4.78 is 29.1. The molecule has 2 aromatic carbocycles. The van der Waals surface area contributed by atoms with E-state index in [-0.39, 0.29) is 10.5 Å². The number of amides is 1. The number of sulfone groups is 1. The van der Waals surface area contributed by atoms with Gasteiger partial charge in [0.15, 0.2) is 9.84 Å². The van der Waals surface area contributed by atoms with Crippen LogP contribution in [-0.2, 0) is 19.4 Å². The predicted octanol–water partition coefficient (Wildman–Crippen LogP) is 2.08. The first-order valence-corrected chi connectivity index (χ1v) is 9.37. The SMILES string of the molecule is CN(C)C(=O)C(OC(=O)c1ccccc1S(C)(=O)=O)c1ccccc1. The van der Waals surface area contributed by atoms with E-state index in [0.29, 0.717) is 5.56 Å². The minimum atomic E-state index is -3.61. The quantitative estimate of drug-likeness (QED) is 0.762. The number of carbonyl (C=O) groups is 2. The molecule has 132 valence electrons. The number of hydrogen-bond donors (Lipinski definition) is 0. The first-order chi connectivity index (χ1) is 11.7. The van der Waals surface area contributed by atoms with Gasteiger partial charge < -0.3 is 9.64 Å². The number of likely N-dealkylation sites (N-methyl/N-ethyl adjacent to an activating group) is 1. The fourth-order valence-electron chi connectivity index (χ4n) is 2.25. The van der Waals surface area contributed by atoms with Crippen LogP contribution in [0.1, 0.15) is 22.0 Å². The Kier molecular flexibility index (Phi) is 5.58. The normalized spacial score (nSPS) is 12.3. The Hall–Kier alpha value is -2.67. The standard InChI is InChI=1S/C18H19NO5S/c1-19(2)17(20)16(13-9-5-4-6-10-13)24-18(21)14-11-7-8-12-15(14)25(3,22)23/h4-12,16H,1-3H3. The van der Waals surface area contributed by atoms with E-state index >= 15 is 0 Å². The van der Waals surface area contributed by atoms with Gasteiger partial charge in [-0.3, -0.25) is 4.79 Å². The molecule has 0 aliphatic rings. The number of hydrogen-bond acceptors (Lipinski definition) is 5. The van der Waals surface area contributed by atoms with Crippen LogP contribution in [0.25, 0.3) is 0 Å². The van der Waals surface area contributed by atoms with Crippen LogP contribution < -0.4 is 0 Å². The lowest BCUT2D eigenvalue weighted by Crippen LogP contribution is -2.31. The Bertz CT molecular complexity index is 875. The van der Waals surface area contributed by atoms with Gasteiger partial charge in [-0.2, -0.15) is 0 Å². The van der Waals surface area contributed by atoms with Crippen molar-refractivity contribution >= 4 is 21.7 Å². The molecule has 1 atom stereocenters. The van der Waals surface area contributed by atoms with E-state index < -0.39 is 27.8 Å². The summed E-state index contributed by atoms with van der Waals surface area (Å²) in [6.07, 6.45) is -0.144. The van der Waals surface area contributed by atoms with Crippen molar-refractivity contribution in [1.82, 2.24) is 4.90 Å². The third-order valence-corrected chi connectivity index (χ3v) is 4.65. The summed E-state index contributed by atoms with van der Waals surface area (Å²) in [5.74, 6) is -1.29. The summed E-state index contributed by atoms with van der Waals surface area (Å²) in [4.78, 5) is 26.2. The summed E-state index contributed by atoms with van der Waals surface area (Å²) in [6.45, 7) is 0. The van der Waals surface area contributed by atoms with Gasteiger partial charge in [-0.15, -0.1) is 0 Å². The summed E-state index contributed by atoms with van der Waals surface area (Å²) in [7, 11) is -0.507. The van der Waals surface area contributed by atoms with Gasteiger partial charge in [0.05, 0.1) is 10.5 Å². The maximum Gasteiger partial charge on any atom is 0.340 e. The number of rotatable bonds is 5. The molecular weight excluding hydrogens is 342 g/mol. The van der Waals surface area contributed by atoms with Crippen LogP contribution in [0.5, 0.6) is 0 Å². The van der Waals surface area contributed by atoms with Gasteiger partial charge in [0.25, 0.3) is 5.91 Å². The Morgan fingerprint density at radius 3 is 2.08 bits per heavy atom. The maximum absolute atomic E-state index is 12.6. The zero-order valence-electron chi connectivity index (χ0n) is 14.2. The van der Waals surface area contributed by atoms with Gasteiger partial charge >= 0.3 is 5.97 Å². The second-order valence-corrected chi connectivity index (χ2v) is 7.68. The van der Waals surface area contributed by atoms with E-state index in [4.69, 9.17) is 4.74 Å². The molecule has 6 nitrogen and oxygen atoms in total. The largest absolute Gasteiger partial charge is 0.444 e. The molecular formula is C18H19NO5S. The second-order valence-electron chi connectivity index (χ2n) is 5.70. The number of nitrogens with zero attached hydrogens (tertiary/aromatic N) is 1. The van der Waals surface area contributed by atoms with Gasteiger partial charge in [-0.1, -0.05) is 42.5 Å². The highest BCUT2D eigenvalue weighted by atomic mass is 32.2. The molecule has 0 aromatic heterocycles. The van der Waals surface area contributed by atoms with Crippen molar-refractivity contribution in [2.24, 2.45) is 0 Å². The van der Waals surface area contributed by atoms with Crippen molar-refractivity contribution in [3.05, 3.63) is 65.7 Å². The molecule has 0 aliphatic carbocycles. The van der Waals surface area contributed by atoms with E-state index in [2.05, 4.69) is 0 Å². The summed E-state index contributed by atoms with van der Waals surface area (Å²) >= 11 is 0. The van der Waals surface area contributed by atoms with E-state index in [9.17, 15) is 18.0 Å². The lowest BCUT2D eigenvalue weighted by Gasteiger charge is -2.21. The third kappa shape index (κ3) is 4.45. The second kappa shape index (κ2) is 7.48. The molecule has 0 saturated carbocycles.